The van der Waals surface area contributed by atoms with Crippen molar-refractivity contribution in [2.75, 3.05) is 21.1 Å². The van der Waals surface area contributed by atoms with Gasteiger partial charge < -0.3 is 11.1 Å². The SMILES string of the molecule is CN=C(N)NCc1ccc(S(=O)(=O)N(C)C)cc1.I. The molecule has 0 radical (unpaired) electrons. The molecule has 6 nitrogen and oxygen atoms in total. The van der Waals surface area contributed by atoms with Gasteiger partial charge in [0.15, 0.2) is 5.96 Å². The van der Waals surface area contributed by atoms with E-state index in [4.69, 9.17) is 5.73 Å². The summed E-state index contributed by atoms with van der Waals surface area (Å²) in [5, 5.41) is 2.90. The number of rotatable bonds is 4. The summed E-state index contributed by atoms with van der Waals surface area (Å²) in [6, 6.07) is 6.63. The van der Waals surface area contributed by atoms with Gasteiger partial charge in [0.05, 0.1) is 4.90 Å². The first-order valence-corrected chi connectivity index (χ1v) is 6.79. The molecule has 0 spiro atoms. The molecule has 0 saturated heterocycles. The molecule has 1 aromatic carbocycles. The summed E-state index contributed by atoms with van der Waals surface area (Å²) in [5.74, 6) is 0.347. The Morgan fingerprint density at radius 2 is 1.84 bits per heavy atom. The Bertz CT molecular complexity index is 526. The van der Waals surface area contributed by atoms with Gasteiger partial charge in [-0.2, -0.15) is 0 Å². The predicted molar refractivity (Wildman–Crippen MR) is 87.1 cm³/mol. The molecule has 0 aliphatic rings. The van der Waals surface area contributed by atoms with E-state index in [1.165, 1.54) is 18.4 Å². The average molecular weight is 398 g/mol. The second-order valence-electron chi connectivity index (χ2n) is 3.89. The topological polar surface area (TPSA) is 87.8 Å². The molecule has 108 valence electrons. The molecule has 3 N–H and O–H groups in total. The molecule has 0 aromatic heterocycles. The molecular formula is C11H19IN4O2S. The second-order valence-corrected chi connectivity index (χ2v) is 6.05. The summed E-state index contributed by atoms with van der Waals surface area (Å²) >= 11 is 0. The number of nitrogens with one attached hydrogen (secondary N) is 1. The number of aliphatic imine (C=N–C) groups is 1. The number of nitrogens with zero attached hydrogens (tertiary/aromatic N) is 2. The molecule has 0 bridgehead atoms. The van der Waals surface area contributed by atoms with Gasteiger partial charge >= 0.3 is 0 Å². The van der Waals surface area contributed by atoms with E-state index in [-0.39, 0.29) is 28.9 Å². The maximum atomic E-state index is 11.8. The Morgan fingerprint density at radius 3 is 2.26 bits per heavy atom. The van der Waals surface area contributed by atoms with E-state index in [0.29, 0.717) is 12.5 Å². The van der Waals surface area contributed by atoms with Gasteiger partial charge in [-0.05, 0) is 17.7 Å². The Balaban J connectivity index is 0.00000324. The van der Waals surface area contributed by atoms with Crippen LogP contribution in [0.4, 0.5) is 0 Å². The van der Waals surface area contributed by atoms with Crippen molar-refractivity contribution in [3.05, 3.63) is 29.8 Å². The zero-order valence-electron chi connectivity index (χ0n) is 11.1. The lowest BCUT2D eigenvalue weighted by Gasteiger charge is -2.11. The Kier molecular flexibility index (Phi) is 7.30. The molecule has 1 rings (SSSR count). The molecule has 0 unspecified atom stereocenters. The highest BCUT2D eigenvalue weighted by atomic mass is 127. The Morgan fingerprint density at radius 1 is 1.32 bits per heavy atom. The summed E-state index contributed by atoms with van der Waals surface area (Å²) < 4.78 is 24.8. The van der Waals surface area contributed by atoms with Crippen molar-refractivity contribution in [2.24, 2.45) is 10.7 Å². The van der Waals surface area contributed by atoms with Gasteiger partial charge in [-0.25, -0.2) is 12.7 Å². The van der Waals surface area contributed by atoms with Crippen molar-refractivity contribution in [1.82, 2.24) is 9.62 Å². The average Bonchev–Trinajstić information content (AvgIpc) is 2.36. The first kappa shape index (κ1) is 18.1. The van der Waals surface area contributed by atoms with Gasteiger partial charge in [0.2, 0.25) is 10.0 Å². The zero-order chi connectivity index (χ0) is 13.8. The highest BCUT2D eigenvalue weighted by molar-refractivity contribution is 14.0. The molecule has 0 aliphatic heterocycles. The number of halogens is 1. The van der Waals surface area contributed by atoms with Gasteiger partial charge in [-0.3, -0.25) is 4.99 Å². The van der Waals surface area contributed by atoms with E-state index >= 15 is 0 Å². The first-order valence-electron chi connectivity index (χ1n) is 5.35. The molecule has 1 aromatic rings. The smallest absolute Gasteiger partial charge is 0.242 e. The van der Waals surface area contributed by atoms with E-state index in [1.54, 1.807) is 31.3 Å². The maximum Gasteiger partial charge on any atom is 0.242 e. The van der Waals surface area contributed by atoms with Crippen molar-refractivity contribution >= 4 is 40.0 Å². The van der Waals surface area contributed by atoms with Gasteiger partial charge in [0.25, 0.3) is 0 Å². The summed E-state index contributed by atoms with van der Waals surface area (Å²) in [4.78, 5) is 4.04. The third-order valence-electron chi connectivity index (χ3n) is 2.42. The lowest BCUT2D eigenvalue weighted by molar-refractivity contribution is 0.520. The van der Waals surface area contributed by atoms with E-state index in [2.05, 4.69) is 10.3 Å². The number of hydrogen-bond donors (Lipinski definition) is 2. The molecule has 0 saturated carbocycles. The van der Waals surface area contributed by atoms with Crippen molar-refractivity contribution in [1.29, 1.82) is 0 Å². The number of nitrogens with two attached hydrogens (primary N) is 1. The standard InChI is InChI=1S/C11H18N4O2S.HI/c1-13-11(12)14-8-9-4-6-10(7-5-9)18(16,17)15(2)3;/h4-7H,8H2,1-3H3,(H3,12,13,14);1H. The number of guanidine groups is 1. The van der Waals surface area contributed by atoms with Crippen LogP contribution in [0, 0.1) is 0 Å². The van der Waals surface area contributed by atoms with E-state index in [9.17, 15) is 8.42 Å². The van der Waals surface area contributed by atoms with Gasteiger partial charge in [0, 0.05) is 27.7 Å². The van der Waals surface area contributed by atoms with E-state index in [1.807, 2.05) is 0 Å². The van der Waals surface area contributed by atoms with E-state index < -0.39 is 10.0 Å². The van der Waals surface area contributed by atoms with Crippen LogP contribution in [0.25, 0.3) is 0 Å². The normalized spacial score (nSPS) is 12.1. The fourth-order valence-corrected chi connectivity index (χ4v) is 2.16. The number of sulfonamides is 1. The van der Waals surface area contributed by atoms with Crippen LogP contribution in [0.3, 0.4) is 0 Å². The van der Waals surface area contributed by atoms with E-state index in [0.717, 1.165) is 5.56 Å². The molecule has 0 fully saturated rings. The third kappa shape index (κ3) is 4.96. The minimum absolute atomic E-state index is 0. The van der Waals surface area contributed by atoms with Crippen LogP contribution in [0.5, 0.6) is 0 Å². The highest BCUT2D eigenvalue weighted by Crippen LogP contribution is 2.13. The molecule has 0 heterocycles. The highest BCUT2D eigenvalue weighted by Gasteiger charge is 2.16. The second kappa shape index (κ2) is 7.65. The third-order valence-corrected chi connectivity index (χ3v) is 4.25. The Hall–Kier alpha value is -0.870. The van der Waals surface area contributed by atoms with Crippen LogP contribution in [-0.2, 0) is 16.6 Å². The Labute approximate surface area is 131 Å². The summed E-state index contributed by atoms with van der Waals surface area (Å²) in [6.45, 7) is 0.505. The van der Waals surface area contributed by atoms with Crippen molar-refractivity contribution in [3.63, 3.8) is 0 Å². The predicted octanol–water partition coefficient (Wildman–Crippen LogP) is 0.589. The summed E-state index contributed by atoms with van der Waals surface area (Å²) in [5.41, 5.74) is 6.43. The van der Waals surface area contributed by atoms with Crippen LogP contribution in [0.2, 0.25) is 0 Å². The lowest BCUT2D eigenvalue weighted by Crippen LogP contribution is -2.30. The molecule has 0 aliphatic carbocycles. The largest absolute Gasteiger partial charge is 0.370 e. The molecule has 19 heavy (non-hydrogen) atoms. The van der Waals surface area contributed by atoms with Gasteiger partial charge in [0.1, 0.15) is 0 Å². The van der Waals surface area contributed by atoms with Gasteiger partial charge in [-0.15, -0.1) is 24.0 Å². The molecular weight excluding hydrogens is 379 g/mol. The van der Waals surface area contributed by atoms with Crippen LogP contribution < -0.4 is 11.1 Å². The molecule has 0 atom stereocenters. The van der Waals surface area contributed by atoms with Crippen molar-refractivity contribution in [2.45, 2.75) is 11.4 Å². The van der Waals surface area contributed by atoms with Gasteiger partial charge in [-0.1, -0.05) is 12.1 Å². The van der Waals surface area contributed by atoms with Crippen molar-refractivity contribution < 1.29 is 8.42 Å². The van der Waals surface area contributed by atoms with Crippen LogP contribution in [-0.4, -0.2) is 39.8 Å². The monoisotopic (exact) mass is 398 g/mol. The maximum absolute atomic E-state index is 11.8. The van der Waals surface area contributed by atoms with Crippen LogP contribution in [0.1, 0.15) is 5.56 Å². The van der Waals surface area contributed by atoms with Crippen LogP contribution >= 0.6 is 24.0 Å². The summed E-state index contributed by atoms with van der Waals surface area (Å²) in [6.07, 6.45) is 0. The first-order chi connectivity index (χ1) is 8.37. The zero-order valence-corrected chi connectivity index (χ0v) is 14.3. The number of benzene rings is 1. The fraction of sp³-hybridized carbons (Fsp3) is 0.364. The molecule has 8 heteroatoms. The minimum Gasteiger partial charge on any atom is -0.370 e. The summed E-state index contributed by atoms with van der Waals surface area (Å²) in [7, 11) is 1.23. The molecule has 0 amide bonds. The van der Waals surface area contributed by atoms with Crippen LogP contribution in [0.15, 0.2) is 34.2 Å². The quantitative estimate of drug-likeness (QED) is 0.442. The van der Waals surface area contributed by atoms with Crippen molar-refractivity contribution in [3.8, 4) is 0 Å². The minimum atomic E-state index is -3.37. The number of hydrogen-bond acceptors (Lipinski definition) is 3. The lowest BCUT2D eigenvalue weighted by atomic mass is 10.2. The fourth-order valence-electron chi connectivity index (χ4n) is 1.26.